The molecule has 2 fully saturated rings. The average molecular weight is 415 g/mol. The second kappa shape index (κ2) is 10.7. The average Bonchev–Trinajstić information content (AvgIpc) is 3.16. The topological polar surface area (TPSA) is 55.8 Å². The zero-order valence-electron chi connectivity index (χ0n) is 18.0. The van der Waals surface area contributed by atoms with Gasteiger partial charge in [-0.3, -0.25) is 4.79 Å². The normalized spacial score (nSPS) is 35.1. The number of aliphatic hydroxyl groups is 1. The maximum Gasteiger partial charge on any atom is 0.305 e. The van der Waals surface area contributed by atoms with Crippen LogP contribution in [0.2, 0.25) is 0 Å². The second-order valence-electron chi connectivity index (χ2n) is 8.71. The summed E-state index contributed by atoms with van der Waals surface area (Å²) in [6, 6.07) is 0. The van der Waals surface area contributed by atoms with Crippen LogP contribution in [0, 0.1) is 17.8 Å². The van der Waals surface area contributed by atoms with Gasteiger partial charge in [0.2, 0.25) is 0 Å². The van der Waals surface area contributed by atoms with Gasteiger partial charge in [0.15, 0.2) is 0 Å². The van der Waals surface area contributed by atoms with Crippen molar-refractivity contribution in [3.8, 4) is 0 Å². The minimum absolute atomic E-state index is 0.0971. The van der Waals surface area contributed by atoms with Gasteiger partial charge >= 0.3 is 5.97 Å². The summed E-state index contributed by atoms with van der Waals surface area (Å²) in [6.07, 6.45) is 6.93. The van der Waals surface area contributed by atoms with E-state index in [1.165, 1.54) is 20.1 Å². The predicted molar refractivity (Wildman–Crippen MR) is 109 cm³/mol. The molecule has 166 valence electrons. The molecule has 1 heterocycles. The molecular weight excluding hydrogens is 378 g/mol. The first-order valence-corrected chi connectivity index (χ1v) is 10.8. The Morgan fingerprint density at radius 1 is 1.41 bits per heavy atom. The molecule has 0 aromatic rings. The van der Waals surface area contributed by atoms with Crippen molar-refractivity contribution < 1.29 is 28.2 Å². The van der Waals surface area contributed by atoms with E-state index >= 15 is 4.39 Å². The molecule has 1 saturated heterocycles. The van der Waals surface area contributed by atoms with Gasteiger partial charge < -0.3 is 14.6 Å². The minimum atomic E-state index is -1.68. The van der Waals surface area contributed by atoms with Crippen molar-refractivity contribution >= 4 is 5.97 Å². The van der Waals surface area contributed by atoms with Crippen LogP contribution in [-0.4, -0.2) is 48.3 Å². The van der Waals surface area contributed by atoms with Crippen molar-refractivity contribution in [3.05, 3.63) is 24.3 Å². The number of alkyl halides is 2. The summed E-state index contributed by atoms with van der Waals surface area (Å²) >= 11 is 0. The molecule has 1 saturated carbocycles. The lowest BCUT2D eigenvalue weighted by Gasteiger charge is -2.25. The number of halogens is 2. The van der Waals surface area contributed by atoms with Crippen LogP contribution >= 0.6 is 0 Å². The Labute approximate surface area is 173 Å². The molecule has 2 aliphatic rings. The van der Waals surface area contributed by atoms with Crippen LogP contribution in [0.25, 0.3) is 0 Å². The van der Waals surface area contributed by atoms with Crippen LogP contribution in [0.5, 0.6) is 0 Å². The monoisotopic (exact) mass is 414 g/mol. The fraction of sp³-hybridized carbons (Fsp3) is 0.783. The largest absolute Gasteiger partial charge is 0.469 e. The van der Waals surface area contributed by atoms with Crippen molar-refractivity contribution in [2.45, 2.75) is 89.4 Å². The summed E-state index contributed by atoms with van der Waals surface area (Å²) in [7, 11) is 1.34. The van der Waals surface area contributed by atoms with Crippen LogP contribution in [0.4, 0.5) is 8.78 Å². The quantitative estimate of drug-likeness (QED) is 0.416. The molecule has 0 spiro atoms. The van der Waals surface area contributed by atoms with Crippen molar-refractivity contribution in [1.29, 1.82) is 0 Å². The molecule has 1 unspecified atom stereocenters. The molecule has 6 heteroatoms. The Balaban J connectivity index is 1.97. The third-order valence-electron chi connectivity index (χ3n) is 6.37. The maximum absolute atomic E-state index is 15.1. The first-order valence-electron chi connectivity index (χ1n) is 10.8. The summed E-state index contributed by atoms with van der Waals surface area (Å²) in [6.45, 7) is 5.45. The van der Waals surface area contributed by atoms with Crippen molar-refractivity contribution in [3.63, 3.8) is 0 Å². The van der Waals surface area contributed by atoms with Gasteiger partial charge in [-0.2, -0.15) is 0 Å². The molecule has 1 aliphatic heterocycles. The van der Waals surface area contributed by atoms with E-state index in [1.807, 2.05) is 13.8 Å². The lowest BCUT2D eigenvalue weighted by molar-refractivity contribution is -0.140. The number of carbonyl (C=O) groups is 1. The van der Waals surface area contributed by atoms with Crippen LogP contribution in [0.15, 0.2) is 24.3 Å². The van der Waals surface area contributed by atoms with E-state index in [-0.39, 0.29) is 36.2 Å². The zero-order valence-corrected chi connectivity index (χ0v) is 18.0. The highest BCUT2D eigenvalue weighted by molar-refractivity contribution is 5.69. The number of allylic oxidation sites excluding steroid dienone is 2. The molecule has 0 bridgehead atoms. The molecule has 0 amide bonds. The Hall–Kier alpha value is -1.27. The van der Waals surface area contributed by atoms with E-state index < -0.39 is 24.0 Å². The number of carbonyl (C=O) groups excluding carboxylic acids is 1. The third-order valence-corrected chi connectivity index (χ3v) is 6.37. The molecule has 1 N–H and O–H groups in total. The highest BCUT2D eigenvalue weighted by atomic mass is 19.1. The Bertz CT molecular complexity index is 589. The summed E-state index contributed by atoms with van der Waals surface area (Å²) in [4.78, 5) is 11.2. The molecule has 8 atom stereocenters. The summed E-state index contributed by atoms with van der Waals surface area (Å²) in [5, 5.41) is 10.3. The lowest BCUT2D eigenvalue weighted by atomic mass is 9.84. The first-order chi connectivity index (χ1) is 13.7. The van der Waals surface area contributed by atoms with E-state index in [0.29, 0.717) is 19.3 Å². The summed E-state index contributed by atoms with van der Waals surface area (Å²) in [5.41, 5.74) is -1.68. The SMILES string of the molecule is CCCCC(C)(F)[C@H](O)C=C[C@@H]1[C@H]2[C@H](F)[C@@H](C=CCCC(=O)OC)O[C@@H]2C[C@H]1C. The zero-order chi connectivity index (χ0) is 21.6. The van der Waals surface area contributed by atoms with Gasteiger partial charge in [0.25, 0.3) is 0 Å². The highest BCUT2D eigenvalue weighted by Crippen LogP contribution is 2.48. The number of aliphatic hydroxyl groups excluding tert-OH is 1. The summed E-state index contributed by atoms with van der Waals surface area (Å²) < 4.78 is 40.3. The Kier molecular flexibility index (Phi) is 8.83. The first kappa shape index (κ1) is 24.0. The lowest BCUT2D eigenvalue weighted by Crippen LogP contribution is -2.33. The minimum Gasteiger partial charge on any atom is -0.469 e. The molecule has 0 radical (unpaired) electrons. The van der Waals surface area contributed by atoms with Gasteiger partial charge in [0.05, 0.1) is 13.2 Å². The summed E-state index contributed by atoms with van der Waals surface area (Å²) in [5.74, 6) is -0.491. The predicted octanol–water partition coefficient (Wildman–Crippen LogP) is 4.71. The molecular formula is C23H36F2O4. The standard InChI is InChI=1S/C23H36F2O4/c1-5-6-13-23(3,25)19(26)12-11-16-15(2)14-18-21(16)22(24)17(29-18)9-7-8-10-20(27)28-4/h7,9,11-12,15-19,21-22,26H,5-6,8,10,13-14H2,1-4H3/t15-,16+,17-,18-,19-,21-,22-,23?/m1/s1. The molecule has 2 rings (SSSR count). The number of rotatable bonds is 10. The molecule has 4 nitrogen and oxygen atoms in total. The van der Waals surface area contributed by atoms with Crippen LogP contribution in [-0.2, 0) is 14.3 Å². The number of unbranched alkanes of at least 4 members (excludes halogenated alkanes) is 1. The van der Waals surface area contributed by atoms with Gasteiger partial charge in [0, 0.05) is 12.3 Å². The number of ether oxygens (including phenoxy) is 2. The molecule has 29 heavy (non-hydrogen) atoms. The van der Waals surface area contributed by atoms with Crippen molar-refractivity contribution in [2.24, 2.45) is 17.8 Å². The van der Waals surface area contributed by atoms with E-state index in [2.05, 4.69) is 4.74 Å². The molecule has 1 aliphatic carbocycles. The number of hydrogen-bond donors (Lipinski definition) is 1. The van der Waals surface area contributed by atoms with Gasteiger partial charge in [-0.25, -0.2) is 8.78 Å². The van der Waals surface area contributed by atoms with Gasteiger partial charge in [0.1, 0.15) is 24.0 Å². The Morgan fingerprint density at radius 3 is 2.79 bits per heavy atom. The maximum atomic E-state index is 15.1. The number of fused-ring (bicyclic) bond motifs is 1. The Morgan fingerprint density at radius 2 is 2.14 bits per heavy atom. The van der Waals surface area contributed by atoms with E-state index in [4.69, 9.17) is 4.74 Å². The van der Waals surface area contributed by atoms with Gasteiger partial charge in [-0.05, 0) is 38.0 Å². The highest BCUT2D eigenvalue weighted by Gasteiger charge is 2.53. The number of hydrogen-bond acceptors (Lipinski definition) is 4. The van der Waals surface area contributed by atoms with Gasteiger partial charge in [-0.15, -0.1) is 0 Å². The van der Waals surface area contributed by atoms with Crippen LogP contribution in [0.3, 0.4) is 0 Å². The molecule has 0 aromatic carbocycles. The third kappa shape index (κ3) is 6.11. The van der Waals surface area contributed by atoms with E-state index in [0.717, 1.165) is 12.8 Å². The van der Waals surface area contributed by atoms with E-state index in [9.17, 15) is 14.3 Å². The fourth-order valence-electron chi connectivity index (χ4n) is 4.48. The van der Waals surface area contributed by atoms with Crippen LogP contribution < -0.4 is 0 Å². The van der Waals surface area contributed by atoms with Gasteiger partial charge in [-0.1, -0.05) is 51.0 Å². The number of esters is 1. The fourth-order valence-corrected chi connectivity index (χ4v) is 4.48. The van der Waals surface area contributed by atoms with Crippen molar-refractivity contribution in [1.82, 2.24) is 0 Å². The van der Waals surface area contributed by atoms with E-state index in [1.54, 1.807) is 18.2 Å². The van der Waals surface area contributed by atoms with Crippen LogP contribution in [0.1, 0.15) is 59.3 Å². The number of methoxy groups -OCH3 is 1. The van der Waals surface area contributed by atoms with Crippen molar-refractivity contribution in [2.75, 3.05) is 7.11 Å². The molecule has 0 aromatic heterocycles. The second-order valence-corrected chi connectivity index (χ2v) is 8.71. The smallest absolute Gasteiger partial charge is 0.305 e.